The molecule has 3 aromatic carbocycles. The molecule has 4 rings (SSSR count). The Hall–Kier alpha value is -4.30. The van der Waals surface area contributed by atoms with Gasteiger partial charge in [-0.1, -0.05) is 42.5 Å². The molecule has 0 aliphatic rings. The van der Waals surface area contributed by atoms with E-state index in [0.29, 0.717) is 27.7 Å². The molecule has 4 aromatic rings. The van der Waals surface area contributed by atoms with Crippen molar-refractivity contribution < 1.29 is 23.1 Å². The Morgan fingerprint density at radius 1 is 0.921 bits per heavy atom. The fourth-order valence-electron chi connectivity index (χ4n) is 4.18. The SMILES string of the molecule is COCCN(CC(=O)N(Cc1ccc(F)cc1)Cc1coc2ccccc2c1=O)C(=O)c1ccccc1C. The van der Waals surface area contributed by atoms with E-state index >= 15 is 0 Å². The highest BCUT2D eigenvalue weighted by Gasteiger charge is 2.24. The van der Waals surface area contributed by atoms with E-state index in [0.717, 1.165) is 5.56 Å². The predicted molar refractivity (Wildman–Crippen MR) is 142 cm³/mol. The van der Waals surface area contributed by atoms with E-state index in [-0.39, 0.29) is 50.0 Å². The summed E-state index contributed by atoms with van der Waals surface area (Å²) in [6.45, 7) is 2.14. The molecule has 0 bridgehead atoms. The number of methoxy groups -OCH3 is 1. The van der Waals surface area contributed by atoms with Crippen molar-refractivity contribution in [2.24, 2.45) is 0 Å². The van der Waals surface area contributed by atoms with Crippen LogP contribution in [0.1, 0.15) is 27.0 Å². The first kappa shape index (κ1) is 26.8. The number of nitrogens with zero attached hydrogens (tertiary/aromatic N) is 2. The maximum atomic E-state index is 13.7. The third kappa shape index (κ3) is 6.33. The van der Waals surface area contributed by atoms with E-state index < -0.39 is 5.82 Å². The number of benzene rings is 3. The average Bonchev–Trinajstić information content (AvgIpc) is 2.93. The van der Waals surface area contributed by atoms with Gasteiger partial charge in [0.15, 0.2) is 5.43 Å². The third-order valence-electron chi connectivity index (χ3n) is 6.31. The van der Waals surface area contributed by atoms with E-state index in [1.54, 1.807) is 48.5 Å². The first-order valence-corrected chi connectivity index (χ1v) is 12.2. The van der Waals surface area contributed by atoms with Gasteiger partial charge in [-0.25, -0.2) is 4.39 Å². The van der Waals surface area contributed by atoms with Crippen LogP contribution in [0.15, 0.2) is 88.3 Å². The van der Waals surface area contributed by atoms with Crippen molar-refractivity contribution in [2.45, 2.75) is 20.0 Å². The minimum absolute atomic E-state index is 0.0416. The number of para-hydroxylation sites is 1. The van der Waals surface area contributed by atoms with Crippen LogP contribution in [0.5, 0.6) is 0 Å². The molecule has 0 saturated heterocycles. The molecule has 0 saturated carbocycles. The van der Waals surface area contributed by atoms with Gasteiger partial charge in [-0.3, -0.25) is 14.4 Å². The van der Waals surface area contributed by atoms with Crippen molar-refractivity contribution in [1.82, 2.24) is 9.80 Å². The monoisotopic (exact) mass is 516 g/mol. The van der Waals surface area contributed by atoms with Crippen LogP contribution < -0.4 is 5.43 Å². The highest BCUT2D eigenvalue weighted by molar-refractivity contribution is 5.97. The fourth-order valence-corrected chi connectivity index (χ4v) is 4.18. The molecular weight excluding hydrogens is 487 g/mol. The van der Waals surface area contributed by atoms with E-state index in [2.05, 4.69) is 0 Å². The molecular formula is C30H29FN2O5. The number of rotatable bonds is 10. The lowest BCUT2D eigenvalue weighted by atomic mass is 10.1. The van der Waals surface area contributed by atoms with Gasteiger partial charge in [0.25, 0.3) is 5.91 Å². The quantitative estimate of drug-likeness (QED) is 0.309. The van der Waals surface area contributed by atoms with E-state index in [1.807, 2.05) is 19.1 Å². The second-order valence-electron chi connectivity index (χ2n) is 9.00. The van der Waals surface area contributed by atoms with Crippen LogP contribution in [0.2, 0.25) is 0 Å². The van der Waals surface area contributed by atoms with Gasteiger partial charge in [0.1, 0.15) is 17.9 Å². The van der Waals surface area contributed by atoms with Crippen molar-refractivity contribution in [3.05, 3.63) is 117 Å². The zero-order chi connectivity index (χ0) is 27.1. The first-order valence-electron chi connectivity index (χ1n) is 12.2. The number of amides is 2. The Balaban J connectivity index is 1.64. The van der Waals surface area contributed by atoms with Crippen LogP contribution >= 0.6 is 0 Å². The normalized spacial score (nSPS) is 10.9. The largest absolute Gasteiger partial charge is 0.464 e. The van der Waals surface area contributed by atoms with E-state index in [9.17, 15) is 18.8 Å². The number of hydrogen-bond acceptors (Lipinski definition) is 5. The van der Waals surface area contributed by atoms with Crippen LogP contribution in [0.3, 0.4) is 0 Å². The lowest BCUT2D eigenvalue weighted by Gasteiger charge is -2.28. The topological polar surface area (TPSA) is 80.1 Å². The zero-order valence-corrected chi connectivity index (χ0v) is 21.4. The second-order valence-corrected chi connectivity index (χ2v) is 9.00. The van der Waals surface area contributed by atoms with Gasteiger partial charge in [0.05, 0.1) is 30.4 Å². The summed E-state index contributed by atoms with van der Waals surface area (Å²) in [5.74, 6) is -1.06. The van der Waals surface area contributed by atoms with Gasteiger partial charge in [-0.2, -0.15) is 0 Å². The molecule has 196 valence electrons. The highest BCUT2D eigenvalue weighted by atomic mass is 19.1. The Kier molecular flexibility index (Phi) is 8.66. The summed E-state index contributed by atoms with van der Waals surface area (Å²) in [7, 11) is 1.53. The van der Waals surface area contributed by atoms with Gasteiger partial charge < -0.3 is 19.0 Å². The predicted octanol–water partition coefficient (Wildman–Crippen LogP) is 4.56. The van der Waals surface area contributed by atoms with E-state index in [4.69, 9.17) is 9.15 Å². The zero-order valence-electron chi connectivity index (χ0n) is 21.4. The first-order chi connectivity index (χ1) is 18.4. The number of ether oxygens (including phenoxy) is 1. The molecule has 0 aliphatic heterocycles. The Labute approximate surface area is 220 Å². The number of halogens is 1. The van der Waals surface area contributed by atoms with Crippen molar-refractivity contribution in [2.75, 3.05) is 26.8 Å². The average molecular weight is 517 g/mol. The summed E-state index contributed by atoms with van der Waals surface area (Å²) in [4.78, 5) is 43.1. The lowest BCUT2D eigenvalue weighted by molar-refractivity contribution is -0.133. The summed E-state index contributed by atoms with van der Waals surface area (Å²) >= 11 is 0. The molecule has 0 fully saturated rings. The Bertz CT molecular complexity index is 1480. The fraction of sp³-hybridized carbons (Fsp3) is 0.233. The molecule has 38 heavy (non-hydrogen) atoms. The smallest absolute Gasteiger partial charge is 0.254 e. The number of aryl methyl sites for hydroxylation is 1. The number of carbonyl (C=O) groups excluding carboxylic acids is 2. The molecule has 0 spiro atoms. The number of fused-ring (bicyclic) bond motifs is 1. The maximum Gasteiger partial charge on any atom is 0.254 e. The molecule has 2 amide bonds. The molecule has 1 heterocycles. The molecule has 0 aliphatic carbocycles. The van der Waals surface area contributed by atoms with Crippen LogP contribution in [0, 0.1) is 12.7 Å². The molecule has 0 unspecified atom stereocenters. The maximum absolute atomic E-state index is 13.7. The van der Waals surface area contributed by atoms with Crippen molar-refractivity contribution >= 4 is 22.8 Å². The molecule has 0 radical (unpaired) electrons. The summed E-state index contributed by atoms with van der Waals surface area (Å²) in [5.41, 5.74) is 2.48. The van der Waals surface area contributed by atoms with Crippen LogP contribution in [0.25, 0.3) is 11.0 Å². The summed E-state index contributed by atoms with van der Waals surface area (Å²) in [6.07, 6.45) is 1.36. The Morgan fingerprint density at radius 3 is 2.37 bits per heavy atom. The van der Waals surface area contributed by atoms with E-state index in [1.165, 1.54) is 35.3 Å². The lowest BCUT2D eigenvalue weighted by Crippen LogP contribution is -2.44. The van der Waals surface area contributed by atoms with Crippen molar-refractivity contribution in [3.8, 4) is 0 Å². The number of carbonyl (C=O) groups is 2. The van der Waals surface area contributed by atoms with Crippen LogP contribution in [-0.2, 0) is 22.6 Å². The third-order valence-corrected chi connectivity index (χ3v) is 6.31. The van der Waals surface area contributed by atoms with Gasteiger partial charge in [0.2, 0.25) is 5.91 Å². The number of hydrogen-bond donors (Lipinski definition) is 0. The summed E-state index contributed by atoms with van der Waals surface area (Å²) < 4.78 is 24.3. The minimum atomic E-state index is -0.392. The van der Waals surface area contributed by atoms with Crippen LogP contribution in [-0.4, -0.2) is 48.4 Å². The summed E-state index contributed by atoms with van der Waals surface area (Å²) in [5, 5.41) is 0.413. The molecule has 1 aromatic heterocycles. The van der Waals surface area contributed by atoms with Gasteiger partial charge in [-0.15, -0.1) is 0 Å². The van der Waals surface area contributed by atoms with Crippen LogP contribution in [0.4, 0.5) is 4.39 Å². The van der Waals surface area contributed by atoms with Gasteiger partial charge in [0, 0.05) is 25.8 Å². The molecule has 0 atom stereocenters. The standard InChI is InChI=1S/C30H29FN2O5/c1-21-7-3-4-8-25(21)30(36)32(15-16-37-2)19-28(34)33(17-22-11-13-24(31)14-12-22)18-23-20-38-27-10-6-5-9-26(27)29(23)35/h3-14,20H,15-19H2,1-2H3. The Morgan fingerprint density at radius 2 is 1.63 bits per heavy atom. The van der Waals surface area contributed by atoms with Crippen molar-refractivity contribution in [1.29, 1.82) is 0 Å². The van der Waals surface area contributed by atoms with Gasteiger partial charge >= 0.3 is 0 Å². The minimum Gasteiger partial charge on any atom is -0.464 e. The summed E-state index contributed by atoms with van der Waals surface area (Å²) in [6, 6.07) is 19.9. The molecule has 7 nitrogen and oxygen atoms in total. The van der Waals surface area contributed by atoms with Crippen molar-refractivity contribution in [3.63, 3.8) is 0 Å². The van der Waals surface area contributed by atoms with Gasteiger partial charge in [-0.05, 0) is 48.4 Å². The molecule has 0 N–H and O–H groups in total. The molecule has 8 heteroatoms. The second kappa shape index (κ2) is 12.3. The highest BCUT2D eigenvalue weighted by Crippen LogP contribution is 2.16.